The highest BCUT2D eigenvalue weighted by molar-refractivity contribution is 6.45. The van der Waals surface area contributed by atoms with Crippen molar-refractivity contribution >= 4 is 21.9 Å². The summed E-state index contributed by atoms with van der Waals surface area (Å²) < 4.78 is 229. The molecule has 3 aliphatic rings. The van der Waals surface area contributed by atoms with E-state index in [2.05, 4.69) is 6.58 Å². The highest BCUT2D eigenvalue weighted by Crippen LogP contribution is 2.43. The van der Waals surface area contributed by atoms with Crippen molar-refractivity contribution in [2.45, 2.75) is 249 Å². The molecule has 68 heavy (non-hydrogen) atoms. The summed E-state index contributed by atoms with van der Waals surface area (Å²) in [6, 6.07) is 0. The Bertz CT molecular complexity index is 1400. The second kappa shape index (κ2) is 24.0. The van der Waals surface area contributed by atoms with Crippen LogP contribution in [0, 0.1) is 0 Å². The molecule has 3 rings (SSSR count). The normalized spacial score (nSPS) is 23.7. The van der Waals surface area contributed by atoms with Crippen LogP contribution in [0.2, 0.25) is 12.6 Å². The predicted molar refractivity (Wildman–Crippen MR) is 230 cm³/mol. The van der Waals surface area contributed by atoms with Crippen LogP contribution in [0.25, 0.3) is 0 Å². The van der Waals surface area contributed by atoms with Crippen molar-refractivity contribution in [3.8, 4) is 0 Å². The van der Waals surface area contributed by atoms with E-state index in [1.165, 1.54) is 7.69 Å². The van der Waals surface area contributed by atoms with Crippen LogP contribution in [0.3, 0.4) is 0 Å². The first-order chi connectivity index (χ1) is 29.6. The zero-order chi connectivity index (χ0) is 54.9. The topological polar surface area (TPSA) is 75.6 Å². The summed E-state index contributed by atoms with van der Waals surface area (Å²) in [7, 11) is 0.267. The van der Waals surface area contributed by atoms with E-state index in [-0.39, 0.29) is 43.1 Å². The highest BCUT2D eigenvalue weighted by atomic mass is 19.4. The van der Waals surface area contributed by atoms with E-state index in [0.717, 1.165) is 6.08 Å². The second-order valence-electron chi connectivity index (χ2n) is 20.6. The van der Waals surface area contributed by atoms with Crippen LogP contribution in [0.5, 0.6) is 0 Å². The van der Waals surface area contributed by atoms with Crippen molar-refractivity contribution < 1.29 is 103 Å². The lowest BCUT2D eigenvalue weighted by molar-refractivity contribution is -0.226. The molecule has 1 radical (unpaired) electrons. The number of aliphatic hydroxyl groups is 1. The number of aliphatic hydroxyl groups excluding tert-OH is 1. The Morgan fingerprint density at radius 1 is 0.426 bits per heavy atom. The zero-order valence-electron chi connectivity index (χ0n) is 42.0. The molecule has 26 heteroatoms. The van der Waals surface area contributed by atoms with Crippen LogP contribution < -0.4 is 0 Å². The molecule has 3 heterocycles. The average molecular weight is 1030 g/mol. The summed E-state index contributed by atoms with van der Waals surface area (Å²) in [5.74, 6) is 0. The van der Waals surface area contributed by atoms with E-state index in [4.69, 9.17) is 33.0 Å². The third-order valence-corrected chi connectivity index (χ3v) is 12.6. The van der Waals surface area contributed by atoms with Gasteiger partial charge >= 0.3 is 46.6 Å². The monoisotopic (exact) mass is 1030 g/mol. The first-order valence-corrected chi connectivity index (χ1v) is 21.8. The Hall–Kier alpha value is -1.47. The second-order valence-corrected chi connectivity index (χ2v) is 20.6. The molecule has 0 aliphatic carbocycles. The molecule has 4 unspecified atom stereocenters. The highest BCUT2D eigenvalue weighted by Gasteiger charge is 2.56. The van der Waals surface area contributed by atoms with Gasteiger partial charge in [0.15, 0.2) is 0 Å². The van der Waals surface area contributed by atoms with Gasteiger partial charge in [0.1, 0.15) is 0 Å². The van der Waals surface area contributed by atoms with E-state index in [1.54, 1.807) is 0 Å². The minimum atomic E-state index is -4.83. The minimum Gasteiger partial charge on any atom is -0.405 e. The number of halogens is 16. The third-order valence-electron chi connectivity index (χ3n) is 12.6. The van der Waals surface area contributed by atoms with Gasteiger partial charge in [-0.15, -0.1) is 6.58 Å². The van der Waals surface area contributed by atoms with Crippen LogP contribution in [-0.2, 0) is 27.9 Å². The van der Waals surface area contributed by atoms with Gasteiger partial charge in [0.05, 0.1) is 33.6 Å². The molecule has 1 N–H and O–H groups in total. The van der Waals surface area contributed by atoms with E-state index in [0.29, 0.717) is 27.7 Å². The van der Waals surface area contributed by atoms with Gasteiger partial charge in [0.2, 0.25) is 22.7 Å². The maximum atomic E-state index is 13.4. The van der Waals surface area contributed by atoms with Gasteiger partial charge in [-0.1, -0.05) is 18.9 Å². The Morgan fingerprint density at radius 3 is 0.824 bits per heavy atom. The van der Waals surface area contributed by atoms with Gasteiger partial charge in [-0.05, 0) is 149 Å². The van der Waals surface area contributed by atoms with Crippen molar-refractivity contribution in [1.29, 1.82) is 0 Å². The summed E-state index contributed by atoms with van der Waals surface area (Å²) in [5.41, 5.74) is -15.0. The fourth-order valence-electron chi connectivity index (χ4n) is 5.14. The summed E-state index contributed by atoms with van der Waals surface area (Å²) in [6.45, 7) is 27.6. The fourth-order valence-corrected chi connectivity index (χ4v) is 5.14. The molecular formula is C42H72B3F16O7. The summed E-state index contributed by atoms with van der Waals surface area (Å²) in [4.78, 5) is 0. The SMILES string of the molecule is C=CCC(C)(F)C(F)(F)F.CC(F)(CCCB1OC(C)(C)C(C)(C)O1)C(F)(F)F.CC(F)(CCCB1OC(C)(C)C(C)(C)O1)C(F)(F)F.CC(F)(CCCO)C(F)(F)F.CC1(C)O[B]OC1(C)C. The van der Waals surface area contributed by atoms with Gasteiger partial charge in [0, 0.05) is 13.0 Å². The van der Waals surface area contributed by atoms with Crippen LogP contribution in [-0.4, -0.2) is 115 Å². The summed E-state index contributed by atoms with van der Waals surface area (Å²) in [5, 5.41) is 8.16. The summed E-state index contributed by atoms with van der Waals surface area (Å²) in [6.07, 6.45) is -20.5. The minimum absolute atomic E-state index is 0.0589. The maximum absolute atomic E-state index is 13.4. The van der Waals surface area contributed by atoms with E-state index in [9.17, 15) is 70.2 Å². The number of allylic oxidation sites excluding steroid dienone is 1. The molecule has 0 saturated carbocycles. The Balaban J connectivity index is 0. The zero-order valence-corrected chi connectivity index (χ0v) is 42.0. The number of hydrogen-bond donors (Lipinski definition) is 1. The van der Waals surface area contributed by atoms with Gasteiger partial charge in [0.25, 0.3) is 0 Å². The Kier molecular flexibility index (Phi) is 24.3. The molecule has 0 spiro atoms. The molecule has 3 aliphatic heterocycles. The molecule has 4 atom stereocenters. The van der Waals surface area contributed by atoms with Crippen LogP contribution in [0.15, 0.2) is 12.7 Å². The maximum Gasteiger partial charge on any atom is 0.488 e. The van der Waals surface area contributed by atoms with Crippen molar-refractivity contribution in [3.63, 3.8) is 0 Å². The predicted octanol–water partition coefficient (Wildman–Crippen LogP) is 14.3. The van der Waals surface area contributed by atoms with Gasteiger partial charge in [-0.25, -0.2) is 17.6 Å². The van der Waals surface area contributed by atoms with Crippen molar-refractivity contribution in [1.82, 2.24) is 0 Å². The smallest absolute Gasteiger partial charge is 0.405 e. The Labute approximate surface area is 393 Å². The molecule has 0 aromatic heterocycles. The standard InChI is InChI=1S/2C12H21BF4O2.C6H12BO2.C6H10F4O.C6H8F4/c2*1-9(2)10(3,4)19-13(18-9)8-6-7-11(5,14)12(15,16)17;1-5(2)6(3,4)9-7-8-5;1-5(7,3-2-4-11)6(8,9)10;1-3-4-5(2,7)6(8,9)10/h2*6-8H2,1-5H3;1-4H3;11H,2-4H2,1H3;3H,1,4H2,2H3. The van der Waals surface area contributed by atoms with Crippen LogP contribution >= 0.6 is 0 Å². The summed E-state index contributed by atoms with van der Waals surface area (Å²) >= 11 is 0. The van der Waals surface area contributed by atoms with Crippen LogP contribution in [0.1, 0.15) is 156 Å². The van der Waals surface area contributed by atoms with Crippen molar-refractivity contribution in [3.05, 3.63) is 12.7 Å². The third kappa shape index (κ3) is 20.6. The fraction of sp³-hybridized carbons (Fsp3) is 0.952. The molecule has 0 aromatic carbocycles. The first kappa shape index (κ1) is 68.6. The van der Waals surface area contributed by atoms with Gasteiger partial charge in [-0.2, -0.15) is 52.7 Å². The number of rotatable bonds is 13. The molecule has 0 aromatic rings. The quantitative estimate of drug-likeness (QED) is 0.112. The van der Waals surface area contributed by atoms with Crippen molar-refractivity contribution in [2.75, 3.05) is 6.61 Å². The van der Waals surface area contributed by atoms with Gasteiger partial charge in [-0.3, -0.25) is 0 Å². The molecule has 7 nitrogen and oxygen atoms in total. The number of alkyl halides is 16. The largest absolute Gasteiger partial charge is 0.488 e. The van der Waals surface area contributed by atoms with E-state index in [1.807, 2.05) is 83.1 Å². The lowest BCUT2D eigenvalue weighted by Gasteiger charge is -2.32. The van der Waals surface area contributed by atoms with Gasteiger partial charge < -0.3 is 33.0 Å². The molecule has 0 bridgehead atoms. The average Bonchev–Trinajstić information content (AvgIpc) is 3.56. The molecule has 0 amide bonds. The lowest BCUT2D eigenvalue weighted by Crippen LogP contribution is -2.41. The molecule has 403 valence electrons. The van der Waals surface area contributed by atoms with Crippen LogP contribution in [0.4, 0.5) is 70.2 Å². The van der Waals surface area contributed by atoms with Crippen molar-refractivity contribution in [2.24, 2.45) is 0 Å². The lowest BCUT2D eigenvalue weighted by atomic mass is 9.80. The molecule has 3 saturated heterocycles. The van der Waals surface area contributed by atoms with E-state index < -0.39 is 116 Å². The molecular weight excluding hydrogens is 953 g/mol. The number of hydrogen-bond acceptors (Lipinski definition) is 7. The Morgan fingerprint density at radius 2 is 0.662 bits per heavy atom. The van der Waals surface area contributed by atoms with E-state index >= 15 is 0 Å². The first-order valence-electron chi connectivity index (χ1n) is 21.8. The molecule has 3 fully saturated rings.